The zero-order chi connectivity index (χ0) is 10.6. The van der Waals surface area contributed by atoms with Gasteiger partial charge in [-0.05, 0) is 23.8 Å². The molecule has 78 valence electrons. The van der Waals surface area contributed by atoms with Crippen molar-refractivity contribution in [3.05, 3.63) is 34.1 Å². The van der Waals surface area contributed by atoms with Crippen LogP contribution in [-0.4, -0.2) is 13.0 Å². The third kappa shape index (κ3) is 4.11. The molecular formula is C9H8BrF3O. The maximum Gasteiger partial charge on any atom is 0.261 e. The van der Waals surface area contributed by atoms with Gasteiger partial charge in [0.25, 0.3) is 6.43 Å². The number of alkyl halides is 2. The molecule has 0 bridgehead atoms. The molecule has 0 radical (unpaired) electrons. The summed E-state index contributed by atoms with van der Waals surface area (Å²) in [6.07, 6.45) is -2.49. The molecule has 0 atom stereocenters. The van der Waals surface area contributed by atoms with Gasteiger partial charge in [0.05, 0.1) is 6.61 Å². The zero-order valence-corrected chi connectivity index (χ0v) is 8.73. The Morgan fingerprint density at radius 2 is 2.00 bits per heavy atom. The number of ether oxygens (including phenoxy) is 1. The highest BCUT2D eigenvalue weighted by Crippen LogP contribution is 2.15. The summed E-state index contributed by atoms with van der Waals surface area (Å²) >= 11 is 3.09. The fourth-order valence-corrected chi connectivity index (χ4v) is 1.47. The quantitative estimate of drug-likeness (QED) is 0.814. The van der Waals surface area contributed by atoms with E-state index >= 15 is 0 Å². The molecule has 14 heavy (non-hydrogen) atoms. The van der Waals surface area contributed by atoms with E-state index in [2.05, 4.69) is 20.7 Å². The normalized spacial score (nSPS) is 10.9. The lowest BCUT2D eigenvalue weighted by atomic mass is 10.2. The molecule has 0 N–H and O–H groups in total. The molecule has 0 aromatic heterocycles. The summed E-state index contributed by atoms with van der Waals surface area (Å²) < 4.78 is 41.4. The van der Waals surface area contributed by atoms with Crippen molar-refractivity contribution in [2.45, 2.75) is 13.0 Å². The Morgan fingerprint density at radius 3 is 2.57 bits per heavy atom. The van der Waals surface area contributed by atoms with E-state index in [1.54, 1.807) is 6.07 Å². The van der Waals surface area contributed by atoms with Crippen molar-refractivity contribution < 1.29 is 17.9 Å². The van der Waals surface area contributed by atoms with Gasteiger partial charge in [-0.2, -0.15) is 0 Å². The zero-order valence-electron chi connectivity index (χ0n) is 7.14. The lowest BCUT2D eigenvalue weighted by molar-refractivity contribution is 0.00981. The van der Waals surface area contributed by atoms with Gasteiger partial charge in [-0.15, -0.1) is 0 Å². The highest BCUT2D eigenvalue weighted by molar-refractivity contribution is 9.10. The first-order valence-corrected chi connectivity index (χ1v) is 4.68. The average Bonchev–Trinajstić information content (AvgIpc) is 2.01. The van der Waals surface area contributed by atoms with E-state index in [0.717, 1.165) is 0 Å². The molecule has 0 aliphatic rings. The van der Waals surface area contributed by atoms with Crippen molar-refractivity contribution >= 4 is 15.9 Å². The average molecular weight is 269 g/mol. The van der Waals surface area contributed by atoms with Crippen LogP contribution in [0.4, 0.5) is 13.2 Å². The first-order chi connectivity index (χ1) is 6.58. The van der Waals surface area contributed by atoms with E-state index in [1.807, 2.05) is 0 Å². The predicted octanol–water partition coefficient (Wildman–Crippen LogP) is 3.37. The van der Waals surface area contributed by atoms with E-state index in [4.69, 9.17) is 0 Å². The van der Waals surface area contributed by atoms with Gasteiger partial charge in [0, 0.05) is 4.47 Å². The smallest absolute Gasteiger partial charge is 0.261 e. The summed E-state index contributed by atoms with van der Waals surface area (Å²) in [7, 11) is 0. The molecule has 1 aromatic carbocycles. The minimum absolute atomic E-state index is 0.0132. The van der Waals surface area contributed by atoms with E-state index in [0.29, 0.717) is 10.0 Å². The van der Waals surface area contributed by atoms with E-state index in [9.17, 15) is 13.2 Å². The number of hydrogen-bond donors (Lipinski definition) is 0. The summed E-state index contributed by atoms with van der Waals surface area (Å²) in [5.41, 5.74) is 0.525. The van der Waals surface area contributed by atoms with E-state index in [-0.39, 0.29) is 6.61 Å². The topological polar surface area (TPSA) is 9.23 Å². The Labute approximate surface area is 88.0 Å². The van der Waals surface area contributed by atoms with Crippen molar-refractivity contribution in [1.29, 1.82) is 0 Å². The van der Waals surface area contributed by atoms with Gasteiger partial charge in [-0.25, -0.2) is 13.2 Å². The van der Waals surface area contributed by atoms with Crippen LogP contribution in [0.25, 0.3) is 0 Å². The van der Waals surface area contributed by atoms with Gasteiger partial charge in [-0.1, -0.05) is 15.9 Å². The summed E-state index contributed by atoms with van der Waals surface area (Å²) in [5, 5.41) is 0. The highest BCUT2D eigenvalue weighted by Gasteiger charge is 2.03. The van der Waals surface area contributed by atoms with Crippen LogP contribution in [0.2, 0.25) is 0 Å². The van der Waals surface area contributed by atoms with Crippen molar-refractivity contribution in [3.63, 3.8) is 0 Å². The number of hydrogen-bond acceptors (Lipinski definition) is 1. The largest absolute Gasteiger partial charge is 0.371 e. The summed E-state index contributed by atoms with van der Waals surface area (Å²) in [4.78, 5) is 0. The summed E-state index contributed by atoms with van der Waals surface area (Å²) in [6.45, 7) is -0.644. The standard InChI is InChI=1S/C9H8BrF3O/c10-7-1-6(2-8(11)3-7)4-14-5-9(12)13/h1-3,9H,4-5H2. The second-order valence-electron chi connectivity index (χ2n) is 2.68. The Morgan fingerprint density at radius 1 is 1.29 bits per heavy atom. The fraction of sp³-hybridized carbons (Fsp3) is 0.333. The minimum Gasteiger partial charge on any atom is -0.371 e. The van der Waals surface area contributed by atoms with Crippen LogP contribution in [0.5, 0.6) is 0 Å². The molecule has 0 saturated carbocycles. The molecule has 0 aliphatic heterocycles. The van der Waals surface area contributed by atoms with Gasteiger partial charge >= 0.3 is 0 Å². The van der Waals surface area contributed by atoms with Crippen molar-refractivity contribution in [2.75, 3.05) is 6.61 Å². The molecule has 0 heterocycles. The van der Waals surface area contributed by atoms with Crippen LogP contribution < -0.4 is 0 Å². The Bertz CT molecular complexity index is 284. The van der Waals surface area contributed by atoms with Gasteiger partial charge in [-0.3, -0.25) is 0 Å². The van der Waals surface area contributed by atoms with E-state index in [1.165, 1.54) is 12.1 Å². The fourth-order valence-electron chi connectivity index (χ4n) is 0.960. The first kappa shape index (κ1) is 11.5. The number of rotatable bonds is 4. The molecule has 1 nitrogen and oxygen atoms in total. The lowest BCUT2D eigenvalue weighted by Gasteiger charge is -2.04. The minimum atomic E-state index is -2.49. The Kier molecular flexibility index (Phi) is 4.41. The molecular weight excluding hydrogens is 261 g/mol. The Hall–Kier alpha value is -0.550. The second kappa shape index (κ2) is 5.36. The summed E-state index contributed by atoms with van der Waals surface area (Å²) in [5.74, 6) is -0.421. The van der Waals surface area contributed by atoms with Crippen molar-refractivity contribution in [3.8, 4) is 0 Å². The SMILES string of the molecule is Fc1cc(Br)cc(COCC(F)F)c1. The van der Waals surface area contributed by atoms with Crippen LogP contribution in [0, 0.1) is 5.82 Å². The van der Waals surface area contributed by atoms with Crippen molar-refractivity contribution in [2.24, 2.45) is 0 Å². The van der Waals surface area contributed by atoms with Gasteiger partial charge in [0.1, 0.15) is 12.4 Å². The molecule has 0 aliphatic carbocycles. The lowest BCUT2D eigenvalue weighted by Crippen LogP contribution is -2.04. The highest BCUT2D eigenvalue weighted by atomic mass is 79.9. The van der Waals surface area contributed by atoms with Gasteiger partial charge in [0.15, 0.2) is 0 Å². The first-order valence-electron chi connectivity index (χ1n) is 3.89. The third-order valence-electron chi connectivity index (χ3n) is 1.43. The Balaban J connectivity index is 2.50. The summed E-state index contributed by atoms with van der Waals surface area (Å²) in [6, 6.07) is 4.15. The second-order valence-corrected chi connectivity index (χ2v) is 3.60. The van der Waals surface area contributed by atoms with Crippen LogP contribution in [-0.2, 0) is 11.3 Å². The third-order valence-corrected chi connectivity index (χ3v) is 1.89. The molecule has 0 saturated heterocycles. The van der Waals surface area contributed by atoms with Crippen LogP contribution >= 0.6 is 15.9 Å². The van der Waals surface area contributed by atoms with Gasteiger partial charge < -0.3 is 4.74 Å². The van der Waals surface area contributed by atoms with Crippen LogP contribution in [0.3, 0.4) is 0 Å². The maximum absolute atomic E-state index is 12.8. The van der Waals surface area contributed by atoms with E-state index < -0.39 is 18.8 Å². The number of benzene rings is 1. The molecule has 5 heteroatoms. The predicted molar refractivity (Wildman–Crippen MR) is 49.8 cm³/mol. The monoisotopic (exact) mass is 268 g/mol. The molecule has 1 aromatic rings. The van der Waals surface area contributed by atoms with Crippen LogP contribution in [0.15, 0.2) is 22.7 Å². The molecule has 0 unspecified atom stereocenters. The number of halogens is 4. The van der Waals surface area contributed by atoms with Crippen LogP contribution in [0.1, 0.15) is 5.56 Å². The molecule has 0 spiro atoms. The van der Waals surface area contributed by atoms with Crippen molar-refractivity contribution in [1.82, 2.24) is 0 Å². The molecule has 0 amide bonds. The molecule has 1 rings (SSSR count). The molecule has 0 fully saturated rings. The maximum atomic E-state index is 12.8. The van der Waals surface area contributed by atoms with Gasteiger partial charge in [0.2, 0.25) is 0 Å².